The first kappa shape index (κ1) is 20.2. The van der Waals surface area contributed by atoms with Gasteiger partial charge in [0, 0.05) is 12.2 Å². The Morgan fingerprint density at radius 3 is 2.39 bits per heavy atom. The number of fused-ring (bicyclic) bond motifs is 1. The molecule has 0 aliphatic rings. The number of carbonyl (C=O) groups excluding carboxylic acids is 1. The quantitative estimate of drug-likeness (QED) is 0.497. The van der Waals surface area contributed by atoms with Crippen LogP contribution in [0.3, 0.4) is 0 Å². The molecule has 0 aliphatic heterocycles. The van der Waals surface area contributed by atoms with Crippen molar-refractivity contribution >= 4 is 16.7 Å². The van der Waals surface area contributed by atoms with Crippen molar-refractivity contribution in [3.8, 4) is 22.8 Å². The Hall–Kier alpha value is -4.06. The number of hydrogen-bond donors (Lipinski definition) is 2. The summed E-state index contributed by atoms with van der Waals surface area (Å²) in [5, 5.41) is 4.98. The molecule has 0 fully saturated rings. The lowest BCUT2D eigenvalue weighted by molar-refractivity contribution is 0.0949. The predicted molar refractivity (Wildman–Crippen MR) is 121 cm³/mol. The van der Waals surface area contributed by atoms with Crippen LogP contribution in [0.5, 0.6) is 11.5 Å². The van der Waals surface area contributed by atoms with Crippen LogP contribution in [-0.4, -0.2) is 25.1 Å². The zero-order valence-electron chi connectivity index (χ0n) is 17.3. The van der Waals surface area contributed by atoms with Crippen molar-refractivity contribution in [2.45, 2.75) is 6.54 Å². The molecule has 4 rings (SSSR count). The number of aromatic nitrogens is 1. The molecule has 0 saturated carbocycles. The molecule has 31 heavy (non-hydrogen) atoms. The number of benzene rings is 3. The molecular weight excluding hydrogens is 392 g/mol. The van der Waals surface area contributed by atoms with Crippen LogP contribution in [0.1, 0.15) is 15.9 Å². The standard InChI is InChI=1S/C25H22N2O4/c1-30-22-12-7-16(13-23(22)31-2)15-26-24(28)20-10-11-21(27-25(20)29)19-9-8-17-5-3-4-6-18(17)14-19/h3-14H,15H2,1-2H3,(H,26,28)(H,27,29). The van der Waals surface area contributed by atoms with E-state index in [1.165, 1.54) is 0 Å². The largest absolute Gasteiger partial charge is 0.493 e. The number of amides is 1. The third kappa shape index (κ3) is 4.28. The summed E-state index contributed by atoms with van der Waals surface area (Å²) in [4.78, 5) is 27.9. The molecule has 0 atom stereocenters. The molecule has 156 valence electrons. The maximum atomic E-state index is 12.6. The van der Waals surface area contributed by atoms with E-state index in [-0.39, 0.29) is 12.1 Å². The number of aromatic amines is 1. The molecular formula is C25H22N2O4. The zero-order valence-corrected chi connectivity index (χ0v) is 17.3. The topological polar surface area (TPSA) is 80.4 Å². The average molecular weight is 414 g/mol. The second kappa shape index (κ2) is 8.75. The molecule has 2 N–H and O–H groups in total. The second-order valence-corrected chi connectivity index (χ2v) is 7.05. The first-order valence-electron chi connectivity index (χ1n) is 9.80. The second-order valence-electron chi connectivity index (χ2n) is 7.05. The van der Waals surface area contributed by atoms with Crippen LogP contribution in [0.2, 0.25) is 0 Å². The highest BCUT2D eigenvalue weighted by Gasteiger charge is 2.12. The van der Waals surface area contributed by atoms with Gasteiger partial charge in [0.25, 0.3) is 11.5 Å². The summed E-state index contributed by atoms with van der Waals surface area (Å²) in [6.45, 7) is 0.255. The number of pyridine rings is 1. The van der Waals surface area contributed by atoms with Crippen LogP contribution < -0.4 is 20.3 Å². The average Bonchev–Trinajstić information content (AvgIpc) is 2.81. The molecule has 0 radical (unpaired) electrons. The van der Waals surface area contributed by atoms with E-state index in [1.807, 2.05) is 48.5 Å². The minimum atomic E-state index is -0.443. The van der Waals surface area contributed by atoms with Crippen LogP contribution in [0, 0.1) is 0 Å². The Labute approximate surface area is 179 Å². The fourth-order valence-electron chi connectivity index (χ4n) is 3.45. The molecule has 6 nitrogen and oxygen atoms in total. The van der Waals surface area contributed by atoms with E-state index >= 15 is 0 Å². The Balaban J connectivity index is 1.51. The Kier molecular flexibility index (Phi) is 5.71. The highest BCUT2D eigenvalue weighted by atomic mass is 16.5. The van der Waals surface area contributed by atoms with Crippen LogP contribution in [-0.2, 0) is 6.54 Å². The van der Waals surface area contributed by atoms with Gasteiger partial charge in [-0.3, -0.25) is 9.59 Å². The molecule has 0 saturated heterocycles. The smallest absolute Gasteiger partial charge is 0.261 e. The van der Waals surface area contributed by atoms with Gasteiger partial charge in [-0.25, -0.2) is 0 Å². The van der Waals surface area contributed by atoms with Gasteiger partial charge in [-0.1, -0.05) is 42.5 Å². The Bertz CT molecular complexity index is 1310. The summed E-state index contributed by atoms with van der Waals surface area (Å²) in [6, 6.07) is 22.7. The van der Waals surface area contributed by atoms with Crippen LogP contribution in [0.4, 0.5) is 0 Å². The van der Waals surface area contributed by atoms with Crippen molar-refractivity contribution in [2.24, 2.45) is 0 Å². The predicted octanol–water partition coefficient (Wildman–Crippen LogP) is 4.14. The highest BCUT2D eigenvalue weighted by molar-refractivity contribution is 5.94. The molecule has 6 heteroatoms. The molecule has 1 aromatic heterocycles. The van der Waals surface area contributed by atoms with E-state index in [1.54, 1.807) is 38.5 Å². The van der Waals surface area contributed by atoms with Crippen LogP contribution in [0.25, 0.3) is 22.0 Å². The van der Waals surface area contributed by atoms with Gasteiger partial charge in [-0.05, 0) is 52.2 Å². The zero-order chi connectivity index (χ0) is 21.8. The van der Waals surface area contributed by atoms with Crippen LogP contribution in [0.15, 0.2) is 77.6 Å². The Morgan fingerprint density at radius 1 is 0.871 bits per heavy atom. The van der Waals surface area contributed by atoms with E-state index < -0.39 is 11.5 Å². The first-order chi connectivity index (χ1) is 15.1. The summed E-state index contributed by atoms with van der Waals surface area (Å²) in [5.74, 6) is 0.742. The van der Waals surface area contributed by atoms with Gasteiger partial charge in [0.2, 0.25) is 0 Å². The SMILES string of the molecule is COc1ccc(CNC(=O)c2ccc(-c3ccc4ccccc4c3)[nH]c2=O)cc1OC. The van der Waals surface area contributed by atoms with Crippen LogP contribution >= 0.6 is 0 Å². The van der Waals surface area contributed by atoms with Gasteiger partial charge < -0.3 is 19.8 Å². The molecule has 3 aromatic carbocycles. The van der Waals surface area contributed by atoms with E-state index in [9.17, 15) is 9.59 Å². The van der Waals surface area contributed by atoms with E-state index in [0.717, 1.165) is 21.9 Å². The molecule has 0 unspecified atom stereocenters. The normalized spacial score (nSPS) is 10.6. The minimum Gasteiger partial charge on any atom is -0.493 e. The lowest BCUT2D eigenvalue weighted by Crippen LogP contribution is -2.29. The minimum absolute atomic E-state index is 0.0602. The maximum Gasteiger partial charge on any atom is 0.261 e. The van der Waals surface area contributed by atoms with Gasteiger partial charge >= 0.3 is 0 Å². The van der Waals surface area contributed by atoms with Gasteiger partial charge in [-0.2, -0.15) is 0 Å². The summed E-state index contributed by atoms with van der Waals surface area (Å²) in [7, 11) is 3.12. The molecule has 1 amide bonds. The highest BCUT2D eigenvalue weighted by Crippen LogP contribution is 2.27. The van der Waals surface area contributed by atoms with E-state index in [0.29, 0.717) is 17.2 Å². The number of rotatable bonds is 6. The maximum absolute atomic E-state index is 12.6. The van der Waals surface area contributed by atoms with Gasteiger partial charge in [-0.15, -0.1) is 0 Å². The number of ether oxygens (including phenoxy) is 2. The third-order valence-corrected chi connectivity index (χ3v) is 5.12. The monoisotopic (exact) mass is 414 g/mol. The van der Waals surface area contributed by atoms with E-state index in [2.05, 4.69) is 10.3 Å². The summed E-state index contributed by atoms with van der Waals surface area (Å²) < 4.78 is 10.5. The number of methoxy groups -OCH3 is 2. The Morgan fingerprint density at radius 2 is 1.65 bits per heavy atom. The van der Waals surface area contributed by atoms with Crippen molar-refractivity contribution < 1.29 is 14.3 Å². The molecule has 4 aromatic rings. The van der Waals surface area contributed by atoms with Gasteiger partial charge in [0.15, 0.2) is 11.5 Å². The summed E-state index contributed by atoms with van der Waals surface area (Å²) >= 11 is 0. The van der Waals surface area contributed by atoms with Crippen molar-refractivity contribution in [1.29, 1.82) is 0 Å². The fourth-order valence-corrected chi connectivity index (χ4v) is 3.45. The van der Waals surface area contributed by atoms with E-state index in [4.69, 9.17) is 9.47 Å². The number of carbonyl (C=O) groups is 1. The molecule has 0 bridgehead atoms. The number of H-pyrrole nitrogens is 1. The molecule has 0 spiro atoms. The van der Waals surface area contributed by atoms with Crippen molar-refractivity contribution in [1.82, 2.24) is 10.3 Å². The van der Waals surface area contributed by atoms with Gasteiger partial charge in [0.1, 0.15) is 5.56 Å². The van der Waals surface area contributed by atoms with Crippen molar-refractivity contribution in [2.75, 3.05) is 14.2 Å². The molecule has 1 heterocycles. The van der Waals surface area contributed by atoms with Crippen molar-refractivity contribution in [3.63, 3.8) is 0 Å². The lowest BCUT2D eigenvalue weighted by Gasteiger charge is -2.10. The lowest BCUT2D eigenvalue weighted by atomic mass is 10.0. The number of nitrogens with one attached hydrogen (secondary N) is 2. The summed E-state index contributed by atoms with van der Waals surface area (Å²) in [6.07, 6.45) is 0. The van der Waals surface area contributed by atoms with Crippen molar-refractivity contribution in [3.05, 3.63) is 94.3 Å². The van der Waals surface area contributed by atoms with Gasteiger partial charge in [0.05, 0.1) is 14.2 Å². The fraction of sp³-hybridized carbons (Fsp3) is 0.120. The summed E-state index contributed by atoms with van der Waals surface area (Å²) in [5.41, 5.74) is 2.00. The first-order valence-corrected chi connectivity index (χ1v) is 9.80. The number of hydrogen-bond acceptors (Lipinski definition) is 4. The molecule has 0 aliphatic carbocycles. The third-order valence-electron chi connectivity index (χ3n) is 5.12.